The molecule has 1 aromatic heterocycles. The van der Waals surface area contributed by atoms with Gasteiger partial charge >= 0.3 is 0 Å². The molecule has 1 aliphatic rings. The topological polar surface area (TPSA) is 42.4 Å². The van der Waals surface area contributed by atoms with Crippen molar-refractivity contribution in [2.75, 3.05) is 7.11 Å². The Balaban J connectivity index is 2.04. The molecule has 0 spiro atoms. The molecule has 1 unspecified atom stereocenters. The van der Waals surface area contributed by atoms with E-state index < -0.39 is 6.10 Å². The maximum atomic E-state index is 10.5. The SMILES string of the molecule is COC1(C(O)Cc2cncs2)CCCCCC1. The minimum Gasteiger partial charge on any atom is -0.390 e. The van der Waals surface area contributed by atoms with Crippen LogP contribution in [0.4, 0.5) is 0 Å². The van der Waals surface area contributed by atoms with Crippen LogP contribution in [0.25, 0.3) is 0 Å². The molecule has 1 fully saturated rings. The summed E-state index contributed by atoms with van der Waals surface area (Å²) in [4.78, 5) is 5.19. The first-order valence-electron chi connectivity index (χ1n) is 6.37. The fourth-order valence-corrected chi connectivity index (χ4v) is 3.35. The number of ether oxygens (including phenoxy) is 1. The molecule has 17 heavy (non-hydrogen) atoms. The molecule has 0 radical (unpaired) electrons. The number of aliphatic hydroxyl groups excluding tert-OH is 1. The Labute approximate surface area is 107 Å². The molecule has 96 valence electrons. The third-order valence-electron chi connectivity index (χ3n) is 3.84. The molecule has 4 heteroatoms. The van der Waals surface area contributed by atoms with Crippen molar-refractivity contribution < 1.29 is 9.84 Å². The summed E-state index contributed by atoms with van der Waals surface area (Å²) < 4.78 is 5.70. The zero-order valence-electron chi connectivity index (χ0n) is 10.4. The van der Waals surface area contributed by atoms with E-state index in [-0.39, 0.29) is 5.60 Å². The largest absolute Gasteiger partial charge is 0.390 e. The first-order valence-corrected chi connectivity index (χ1v) is 7.25. The Kier molecular flexibility index (Phi) is 4.54. The molecule has 0 aromatic carbocycles. The van der Waals surface area contributed by atoms with Gasteiger partial charge in [0.25, 0.3) is 0 Å². The van der Waals surface area contributed by atoms with Crippen molar-refractivity contribution in [1.82, 2.24) is 4.98 Å². The summed E-state index contributed by atoms with van der Waals surface area (Å²) in [5.41, 5.74) is 1.48. The lowest BCUT2D eigenvalue weighted by atomic mass is 9.86. The van der Waals surface area contributed by atoms with E-state index >= 15 is 0 Å². The first-order chi connectivity index (χ1) is 8.27. The highest BCUT2D eigenvalue weighted by atomic mass is 32.1. The zero-order chi connectivity index (χ0) is 12.1. The number of aromatic nitrogens is 1. The lowest BCUT2D eigenvalue weighted by Gasteiger charge is -2.36. The second kappa shape index (κ2) is 5.94. The van der Waals surface area contributed by atoms with Crippen molar-refractivity contribution in [1.29, 1.82) is 0 Å². The van der Waals surface area contributed by atoms with Crippen LogP contribution in [0.5, 0.6) is 0 Å². The van der Waals surface area contributed by atoms with Crippen LogP contribution in [-0.4, -0.2) is 28.9 Å². The molecule has 0 bridgehead atoms. The number of hydrogen-bond acceptors (Lipinski definition) is 4. The van der Waals surface area contributed by atoms with Gasteiger partial charge in [0.2, 0.25) is 0 Å². The predicted octanol–water partition coefficient (Wildman–Crippen LogP) is 2.79. The van der Waals surface area contributed by atoms with Crippen LogP contribution in [0.2, 0.25) is 0 Å². The van der Waals surface area contributed by atoms with Crippen LogP contribution in [0.1, 0.15) is 43.4 Å². The molecule has 1 atom stereocenters. The van der Waals surface area contributed by atoms with Gasteiger partial charge in [0, 0.05) is 24.6 Å². The van der Waals surface area contributed by atoms with Gasteiger partial charge in [-0.3, -0.25) is 4.98 Å². The highest BCUT2D eigenvalue weighted by Gasteiger charge is 2.38. The average molecular weight is 255 g/mol. The van der Waals surface area contributed by atoms with E-state index in [0.29, 0.717) is 6.42 Å². The molecule has 1 N–H and O–H groups in total. The number of methoxy groups -OCH3 is 1. The summed E-state index contributed by atoms with van der Waals surface area (Å²) >= 11 is 1.60. The van der Waals surface area contributed by atoms with Gasteiger partial charge < -0.3 is 9.84 Å². The molecular formula is C13H21NO2S. The van der Waals surface area contributed by atoms with Crippen molar-refractivity contribution in [2.45, 2.75) is 56.7 Å². The van der Waals surface area contributed by atoms with Crippen molar-refractivity contribution in [3.05, 3.63) is 16.6 Å². The normalized spacial score (nSPS) is 22.0. The van der Waals surface area contributed by atoms with Gasteiger partial charge in [-0.15, -0.1) is 11.3 Å². The van der Waals surface area contributed by atoms with Crippen molar-refractivity contribution in [3.63, 3.8) is 0 Å². The molecule has 0 amide bonds. The van der Waals surface area contributed by atoms with Crippen LogP contribution in [0, 0.1) is 0 Å². The minimum atomic E-state index is -0.411. The second-order valence-corrected chi connectivity index (χ2v) is 5.84. The maximum absolute atomic E-state index is 10.5. The van der Waals surface area contributed by atoms with Crippen LogP contribution in [0.15, 0.2) is 11.7 Å². The molecule has 2 rings (SSSR count). The lowest BCUT2D eigenvalue weighted by molar-refractivity contribution is -0.110. The third kappa shape index (κ3) is 3.06. The number of nitrogens with zero attached hydrogens (tertiary/aromatic N) is 1. The van der Waals surface area contributed by atoms with Crippen LogP contribution < -0.4 is 0 Å². The average Bonchev–Trinajstić information content (AvgIpc) is 2.72. The molecule has 0 aliphatic heterocycles. The molecule has 1 saturated carbocycles. The van der Waals surface area contributed by atoms with Crippen molar-refractivity contribution >= 4 is 11.3 Å². The standard InChI is InChI=1S/C13H21NO2S/c1-16-13(6-4-2-3-5-7-13)12(15)8-11-9-14-10-17-11/h9-10,12,15H,2-8H2,1H3. The quantitative estimate of drug-likeness (QED) is 0.841. The fourth-order valence-electron chi connectivity index (χ4n) is 2.72. The summed E-state index contributed by atoms with van der Waals surface area (Å²) in [7, 11) is 1.74. The highest BCUT2D eigenvalue weighted by molar-refractivity contribution is 7.09. The highest BCUT2D eigenvalue weighted by Crippen LogP contribution is 2.34. The van der Waals surface area contributed by atoms with Crippen LogP contribution in [-0.2, 0) is 11.2 Å². The van der Waals surface area contributed by atoms with Gasteiger partial charge in [0.1, 0.15) is 0 Å². The number of hydrogen-bond donors (Lipinski definition) is 1. The van der Waals surface area contributed by atoms with Gasteiger partial charge in [0.15, 0.2) is 0 Å². The van der Waals surface area contributed by atoms with E-state index in [1.165, 1.54) is 12.8 Å². The van der Waals surface area contributed by atoms with Gasteiger partial charge in [-0.2, -0.15) is 0 Å². The second-order valence-electron chi connectivity index (χ2n) is 4.87. The van der Waals surface area contributed by atoms with E-state index in [4.69, 9.17) is 4.74 Å². The fraction of sp³-hybridized carbons (Fsp3) is 0.769. The van der Waals surface area contributed by atoms with E-state index in [9.17, 15) is 5.11 Å². The van der Waals surface area contributed by atoms with Crippen molar-refractivity contribution in [2.24, 2.45) is 0 Å². The molecule has 1 aliphatic carbocycles. The number of rotatable bonds is 4. The van der Waals surface area contributed by atoms with E-state index in [1.807, 2.05) is 11.7 Å². The Hall–Kier alpha value is -0.450. The van der Waals surface area contributed by atoms with Gasteiger partial charge in [-0.1, -0.05) is 25.7 Å². The third-order valence-corrected chi connectivity index (χ3v) is 4.64. The maximum Gasteiger partial charge on any atom is 0.0939 e. The monoisotopic (exact) mass is 255 g/mol. The molecule has 3 nitrogen and oxygen atoms in total. The van der Waals surface area contributed by atoms with Crippen molar-refractivity contribution in [3.8, 4) is 0 Å². The number of aliphatic hydroxyl groups is 1. The molecule has 1 aromatic rings. The summed E-state index contributed by atoms with van der Waals surface area (Å²) in [6.07, 6.45) is 8.89. The van der Waals surface area contributed by atoms with E-state index in [2.05, 4.69) is 4.98 Å². The van der Waals surface area contributed by atoms with Crippen LogP contribution in [0.3, 0.4) is 0 Å². The van der Waals surface area contributed by atoms with Gasteiger partial charge in [-0.25, -0.2) is 0 Å². The first kappa shape index (κ1) is 13.0. The Morgan fingerprint density at radius 1 is 1.41 bits per heavy atom. The minimum absolute atomic E-state index is 0.333. The smallest absolute Gasteiger partial charge is 0.0939 e. The zero-order valence-corrected chi connectivity index (χ0v) is 11.2. The predicted molar refractivity (Wildman–Crippen MR) is 69.3 cm³/mol. The van der Waals surface area contributed by atoms with Gasteiger partial charge in [0.05, 0.1) is 17.2 Å². The molecule has 0 saturated heterocycles. The van der Waals surface area contributed by atoms with Crippen LogP contribution >= 0.6 is 11.3 Å². The Morgan fingerprint density at radius 2 is 2.12 bits per heavy atom. The van der Waals surface area contributed by atoms with E-state index in [0.717, 1.165) is 30.6 Å². The summed E-state index contributed by atoms with van der Waals surface area (Å²) in [5.74, 6) is 0. The van der Waals surface area contributed by atoms with Gasteiger partial charge in [-0.05, 0) is 12.8 Å². The summed E-state index contributed by atoms with van der Waals surface area (Å²) in [6.45, 7) is 0. The Bertz CT molecular complexity index is 318. The summed E-state index contributed by atoms with van der Waals surface area (Å²) in [5, 5.41) is 10.5. The summed E-state index contributed by atoms with van der Waals surface area (Å²) in [6, 6.07) is 0. The number of thiazole rings is 1. The Morgan fingerprint density at radius 3 is 2.65 bits per heavy atom. The lowest BCUT2D eigenvalue weighted by Crippen LogP contribution is -2.45. The molecular weight excluding hydrogens is 234 g/mol. The molecule has 1 heterocycles. The van der Waals surface area contributed by atoms with E-state index in [1.54, 1.807) is 18.4 Å².